The van der Waals surface area contributed by atoms with E-state index in [2.05, 4.69) is 20.6 Å². The van der Waals surface area contributed by atoms with Gasteiger partial charge in [0.2, 0.25) is 5.75 Å². The summed E-state index contributed by atoms with van der Waals surface area (Å²) in [7, 11) is 4.79. The van der Waals surface area contributed by atoms with E-state index in [1.807, 2.05) is 41.1 Å². The molecule has 4 rings (SSSR count). The van der Waals surface area contributed by atoms with E-state index in [-0.39, 0.29) is 0 Å². The molecular weight excluding hydrogens is 378 g/mol. The second-order valence-electron chi connectivity index (χ2n) is 5.87. The summed E-state index contributed by atoms with van der Waals surface area (Å²) < 4.78 is 18.0. The lowest BCUT2D eigenvalue weighted by atomic mass is 10.1. The predicted molar refractivity (Wildman–Crippen MR) is 108 cm³/mol. The number of aromatic nitrogens is 4. The van der Waals surface area contributed by atoms with E-state index < -0.39 is 0 Å². The number of thiophene rings is 1. The summed E-state index contributed by atoms with van der Waals surface area (Å²) in [6.07, 6.45) is 0. The van der Waals surface area contributed by atoms with E-state index in [4.69, 9.17) is 14.2 Å². The molecule has 9 heteroatoms. The van der Waals surface area contributed by atoms with E-state index in [9.17, 15) is 0 Å². The van der Waals surface area contributed by atoms with Crippen LogP contribution in [0.2, 0.25) is 0 Å². The molecule has 0 aliphatic rings. The maximum absolute atomic E-state index is 5.53. The molecule has 0 spiro atoms. The number of anilines is 1. The average Bonchev–Trinajstić information content (AvgIpc) is 3.40. The summed E-state index contributed by atoms with van der Waals surface area (Å²) in [5.74, 6) is 3.21. The summed E-state index contributed by atoms with van der Waals surface area (Å²) in [5.41, 5.74) is 2.60. The first kappa shape index (κ1) is 18.1. The van der Waals surface area contributed by atoms with E-state index in [0.29, 0.717) is 41.1 Å². The van der Waals surface area contributed by atoms with E-state index in [1.54, 1.807) is 37.2 Å². The van der Waals surface area contributed by atoms with Crippen LogP contribution in [-0.2, 0) is 6.54 Å². The highest BCUT2D eigenvalue weighted by atomic mass is 32.1. The summed E-state index contributed by atoms with van der Waals surface area (Å²) in [5, 5.41) is 20.4. The maximum atomic E-state index is 5.53. The quantitative estimate of drug-likeness (QED) is 0.511. The highest BCUT2D eigenvalue weighted by molar-refractivity contribution is 7.08. The minimum atomic E-state index is 0.498. The monoisotopic (exact) mass is 397 g/mol. The highest BCUT2D eigenvalue weighted by Gasteiger charge is 2.16. The molecule has 3 heterocycles. The fourth-order valence-electron chi connectivity index (χ4n) is 2.94. The lowest BCUT2D eigenvalue weighted by Crippen LogP contribution is -2.07. The van der Waals surface area contributed by atoms with Gasteiger partial charge < -0.3 is 19.5 Å². The van der Waals surface area contributed by atoms with Crippen LogP contribution in [0.5, 0.6) is 17.2 Å². The third-order valence-corrected chi connectivity index (χ3v) is 4.97. The molecular formula is C19H19N5O3S. The van der Waals surface area contributed by atoms with Crippen molar-refractivity contribution >= 4 is 22.8 Å². The van der Waals surface area contributed by atoms with Gasteiger partial charge in [-0.05, 0) is 35.7 Å². The van der Waals surface area contributed by atoms with E-state index in [1.165, 1.54) is 0 Å². The third kappa shape index (κ3) is 3.20. The zero-order valence-electron chi connectivity index (χ0n) is 15.7. The standard InChI is InChI=1S/C19H19N5O3S/c1-25-14-5-4-12(17(26-2)18(14)27-3)10-20-15-6-7-16-21-22-19(24(16)23-15)13-8-9-28-11-13/h4-9,11H,10H2,1-3H3,(H,20,23). The number of benzene rings is 1. The molecule has 0 fully saturated rings. The van der Waals surface area contributed by atoms with Crippen molar-refractivity contribution in [3.63, 3.8) is 0 Å². The molecule has 8 nitrogen and oxygen atoms in total. The molecule has 1 aromatic carbocycles. The van der Waals surface area contributed by atoms with Gasteiger partial charge in [-0.3, -0.25) is 0 Å². The fourth-order valence-corrected chi connectivity index (χ4v) is 3.58. The zero-order valence-corrected chi connectivity index (χ0v) is 16.5. The first-order valence-electron chi connectivity index (χ1n) is 8.52. The number of rotatable bonds is 7. The fraction of sp³-hybridized carbons (Fsp3) is 0.211. The number of ether oxygens (including phenoxy) is 3. The molecule has 144 valence electrons. The molecule has 0 unspecified atom stereocenters. The van der Waals surface area contributed by atoms with Crippen LogP contribution in [0.3, 0.4) is 0 Å². The Labute approximate surface area is 165 Å². The lowest BCUT2D eigenvalue weighted by molar-refractivity contribution is 0.322. The molecule has 0 bridgehead atoms. The number of hydrogen-bond donors (Lipinski definition) is 1. The van der Waals surface area contributed by atoms with Gasteiger partial charge in [-0.2, -0.15) is 15.9 Å². The molecule has 0 amide bonds. The molecule has 0 saturated carbocycles. The minimum Gasteiger partial charge on any atom is -0.493 e. The molecule has 0 atom stereocenters. The second-order valence-corrected chi connectivity index (χ2v) is 6.65. The van der Waals surface area contributed by atoms with Crippen LogP contribution >= 0.6 is 11.3 Å². The first-order chi connectivity index (χ1) is 13.7. The van der Waals surface area contributed by atoms with Gasteiger partial charge in [0.05, 0.1) is 21.3 Å². The summed E-state index contributed by atoms with van der Waals surface area (Å²) in [6.45, 7) is 0.498. The maximum Gasteiger partial charge on any atom is 0.203 e. The Bertz CT molecular complexity index is 1090. The SMILES string of the molecule is COc1ccc(CNc2ccc3nnc(-c4ccsc4)n3n2)c(OC)c1OC. The van der Waals surface area contributed by atoms with E-state index in [0.717, 1.165) is 11.1 Å². The van der Waals surface area contributed by atoms with Crippen molar-refractivity contribution in [2.24, 2.45) is 0 Å². The van der Waals surface area contributed by atoms with Crippen molar-refractivity contribution in [3.8, 4) is 28.6 Å². The second kappa shape index (κ2) is 7.73. The Morgan fingerprint density at radius 2 is 1.82 bits per heavy atom. The van der Waals surface area contributed by atoms with Gasteiger partial charge in [-0.15, -0.1) is 15.3 Å². The van der Waals surface area contributed by atoms with Crippen LogP contribution in [-0.4, -0.2) is 41.1 Å². The lowest BCUT2D eigenvalue weighted by Gasteiger charge is -2.16. The van der Waals surface area contributed by atoms with Crippen LogP contribution in [0, 0.1) is 0 Å². The Hall–Kier alpha value is -3.33. The topological polar surface area (TPSA) is 82.8 Å². The predicted octanol–water partition coefficient (Wildman–Crippen LogP) is 3.49. The van der Waals surface area contributed by atoms with Crippen molar-refractivity contribution in [3.05, 3.63) is 46.7 Å². The Kier molecular flexibility index (Phi) is 4.98. The molecule has 0 aliphatic heterocycles. The number of nitrogens with zero attached hydrogens (tertiary/aromatic N) is 4. The van der Waals surface area contributed by atoms with Gasteiger partial charge in [-0.1, -0.05) is 0 Å². The summed E-state index contributed by atoms with van der Waals surface area (Å²) in [4.78, 5) is 0. The van der Waals surface area contributed by atoms with E-state index >= 15 is 0 Å². The number of methoxy groups -OCH3 is 3. The van der Waals surface area contributed by atoms with Gasteiger partial charge in [0, 0.05) is 23.1 Å². The molecule has 28 heavy (non-hydrogen) atoms. The van der Waals surface area contributed by atoms with Crippen LogP contribution in [0.4, 0.5) is 5.82 Å². The van der Waals surface area contributed by atoms with Gasteiger partial charge in [0.15, 0.2) is 23.0 Å². The van der Waals surface area contributed by atoms with Gasteiger partial charge >= 0.3 is 0 Å². The zero-order chi connectivity index (χ0) is 19.5. The van der Waals surface area contributed by atoms with Gasteiger partial charge in [0.1, 0.15) is 5.82 Å². The van der Waals surface area contributed by atoms with Crippen LogP contribution in [0.15, 0.2) is 41.1 Å². The smallest absolute Gasteiger partial charge is 0.203 e. The number of fused-ring (bicyclic) bond motifs is 1. The molecule has 0 saturated heterocycles. The van der Waals surface area contributed by atoms with Crippen molar-refractivity contribution in [1.82, 2.24) is 19.8 Å². The highest BCUT2D eigenvalue weighted by Crippen LogP contribution is 2.39. The average molecular weight is 397 g/mol. The Balaban J connectivity index is 1.62. The third-order valence-electron chi connectivity index (χ3n) is 4.29. The molecule has 1 N–H and O–H groups in total. The Morgan fingerprint density at radius 3 is 2.54 bits per heavy atom. The van der Waals surface area contributed by atoms with Crippen LogP contribution < -0.4 is 19.5 Å². The van der Waals surface area contributed by atoms with Gasteiger partial charge in [-0.25, -0.2) is 0 Å². The van der Waals surface area contributed by atoms with Crippen molar-refractivity contribution in [1.29, 1.82) is 0 Å². The Morgan fingerprint density at radius 1 is 0.964 bits per heavy atom. The van der Waals surface area contributed by atoms with Gasteiger partial charge in [0.25, 0.3) is 0 Å². The van der Waals surface area contributed by atoms with Crippen molar-refractivity contribution < 1.29 is 14.2 Å². The molecule has 0 aliphatic carbocycles. The number of nitrogens with one attached hydrogen (secondary N) is 1. The normalized spacial score (nSPS) is 10.8. The minimum absolute atomic E-state index is 0.498. The summed E-state index contributed by atoms with van der Waals surface area (Å²) >= 11 is 1.61. The van der Waals surface area contributed by atoms with Crippen molar-refractivity contribution in [2.45, 2.75) is 6.54 Å². The largest absolute Gasteiger partial charge is 0.493 e. The first-order valence-corrected chi connectivity index (χ1v) is 9.46. The van der Waals surface area contributed by atoms with Crippen molar-refractivity contribution in [2.75, 3.05) is 26.6 Å². The molecule has 0 radical (unpaired) electrons. The molecule has 4 aromatic rings. The summed E-state index contributed by atoms with van der Waals surface area (Å²) in [6, 6.07) is 9.53. The number of hydrogen-bond acceptors (Lipinski definition) is 8. The van der Waals surface area contributed by atoms with Crippen LogP contribution in [0.1, 0.15) is 5.56 Å². The molecule has 3 aromatic heterocycles. The van der Waals surface area contributed by atoms with Crippen LogP contribution in [0.25, 0.3) is 17.0 Å².